The Labute approximate surface area is 105 Å². The third-order valence-corrected chi connectivity index (χ3v) is 2.83. The second kappa shape index (κ2) is 5.10. The van der Waals surface area contributed by atoms with Crippen molar-refractivity contribution in [1.82, 2.24) is 9.78 Å². The van der Waals surface area contributed by atoms with Crippen molar-refractivity contribution in [3.05, 3.63) is 41.2 Å². The number of anilines is 2. The van der Waals surface area contributed by atoms with Crippen LogP contribution < -0.4 is 11.1 Å². The van der Waals surface area contributed by atoms with E-state index in [4.69, 9.17) is 17.3 Å². The molecule has 1 aromatic carbocycles. The van der Waals surface area contributed by atoms with Crippen LogP contribution in [0.5, 0.6) is 0 Å². The molecule has 1 heterocycles. The molecule has 90 valence electrons. The van der Waals surface area contributed by atoms with E-state index in [0.29, 0.717) is 10.7 Å². The molecule has 0 aliphatic rings. The average molecular weight is 251 g/mol. The lowest BCUT2D eigenvalue weighted by atomic mass is 10.2. The maximum Gasteiger partial charge on any atom is 0.0763 e. The molecule has 0 bridgehead atoms. The number of hydrogen-bond donors (Lipinski definition) is 2. The lowest BCUT2D eigenvalue weighted by molar-refractivity contribution is 0.767. The molecule has 1 aromatic heterocycles. The average Bonchev–Trinajstić information content (AvgIpc) is 2.69. The van der Waals surface area contributed by atoms with Gasteiger partial charge in [0.25, 0.3) is 0 Å². The van der Waals surface area contributed by atoms with Crippen LogP contribution >= 0.6 is 11.6 Å². The van der Waals surface area contributed by atoms with Crippen LogP contribution in [-0.4, -0.2) is 16.3 Å². The molecular formula is C12H15ClN4. The maximum absolute atomic E-state index is 6.06. The molecule has 0 atom stereocenters. The van der Waals surface area contributed by atoms with Gasteiger partial charge in [-0.25, -0.2) is 0 Å². The minimum atomic E-state index is 0.649. The molecule has 4 nitrogen and oxygen atoms in total. The van der Waals surface area contributed by atoms with Crippen LogP contribution in [0.25, 0.3) is 0 Å². The number of nitrogens with one attached hydrogen (secondary N) is 1. The van der Waals surface area contributed by atoms with Crippen LogP contribution in [0.4, 0.5) is 11.4 Å². The second-order valence-corrected chi connectivity index (χ2v) is 4.31. The molecule has 2 rings (SSSR count). The van der Waals surface area contributed by atoms with Crippen molar-refractivity contribution in [2.24, 2.45) is 7.05 Å². The SMILES string of the molecule is Cn1cc(CCNc2c(N)cccc2Cl)cn1. The van der Waals surface area contributed by atoms with Gasteiger partial charge >= 0.3 is 0 Å². The summed E-state index contributed by atoms with van der Waals surface area (Å²) in [6.45, 7) is 0.777. The third kappa shape index (κ3) is 2.91. The fraction of sp³-hybridized carbons (Fsp3) is 0.250. The van der Waals surface area contributed by atoms with Crippen molar-refractivity contribution in [1.29, 1.82) is 0 Å². The summed E-state index contributed by atoms with van der Waals surface area (Å²) in [6, 6.07) is 5.49. The van der Waals surface area contributed by atoms with E-state index in [2.05, 4.69) is 10.4 Å². The van der Waals surface area contributed by atoms with Gasteiger partial charge in [0.2, 0.25) is 0 Å². The Hall–Kier alpha value is -1.68. The topological polar surface area (TPSA) is 55.9 Å². The van der Waals surface area contributed by atoms with Gasteiger partial charge in [0.15, 0.2) is 0 Å². The first-order valence-electron chi connectivity index (χ1n) is 5.42. The third-order valence-electron chi connectivity index (χ3n) is 2.52. The van der Waals surface area contributed by atoms with E-state index >= 15 is 0 Å². The Bertz CT molecular complexity index is 487. The minimum absolute atomic E-state index is 0.649. The highest BCUT2D eigenvalue weighted by atomic mass is 35.5. The Morgan fingerprint density at radius 1 is 1.47 bits per heavy atom. The van der Waals surface area contributed by atoms with Gasteiger partial charge in [-0.15, -0.1) is 0 Å². The van der Waals surface area contributed by atoms with Crippen LogP contribution in [0.2, 0.25) is 5.02 Å². The van der Waals surface area contributed by atoms with Gasteiger partial charge < -0.3 is 11.1 Å². The number of rotatable bonds is 4. The number of aryl methyl sites for hydroxylation is 1. The number of benzene rings is 1. The molecule has 0 amide bonds. The van der Waals surface area contributed by atoms with Crippen LogP contribution in [0.15, 0.2) is 30.6 Å². The largest absolute Gasteiger partial charge is 0.397 e. The smallest absolute Gasteiger partial charge is 0.0763 e. The highest BCUT2D eigenvalue weighted by molar-refractivity contribution is 6.33. The summed E-state index contributed by atoms with van der Waals surface area (Å²) in [4.78, 5) is 0. The lowest BCUT2D eigenvalue weighted by Crippen LogP contribution is -2.07. The summed E-state index contributed by atoms with van der Waals surface area (Å²) < 4.78 is 1.79. The van der Waals surface area contributed by atoms with E-state index in [0.717, 1.165) is 18.7 Å². The highest BCUT2D eigenvalue weighted by Gasteiger charge is 2.03. The highest BCUT2D eigenvalue weighted by Crippen LogP contribution is 2.27. The summed E-state index contributed by atoms with van der Waals surface area (Å²) in [5.41, 5.74) is 8.50. The molecule has 5 heteroatoms. The molecule has 0 unspecified atom stereocenters. The summed E-state index contributed by atoms with van der Waals surface area (Å²) in [7, 11) is 1.91. The van der Waals surface area contributed by atoms with E-state index in [9.17, 15) is 0 Å². The first kappa shape index (κ1) is 11.8. The van der Waals surface area contributed by atoms with E-state index in [1.165, 1.54) is 5.56 Å². The van der Waals surface area contributed by atoms with Gasteiger partial charge in [-0.3, -0.25) is 4.68 Å². The van der Waals surface area contributed by atoms with Crippen molar-refractivity contribution in [2.45, 2.75) is 6.42 Å². The van der Waals surface area contributed by atoms with Gasteiger partial charge in [-0.2, -0.15) is 5.10 Å². The fourth-order valence-corrected chi connectivity index (χ4v) is 1.91. The molecule has 3 N–H and O–H groups in total. The quantitative estimate of drug-likeness (QED) is 0.819. The van der Waals surface area contributed by atoms with Crippen LogP contribution in [0.1, 0.15) is 5.56 Å². The molecule has 17 heavy (non-hydrogen) atoms. The van der Waals surface area contributed by atoms with Crippen molar-refractivity contribution in [3.63, 3.8) is 0 Å². The first-order chi connectivity index (χ1) is 8.16. The number of nitrogens with zero attached hydrogens (tertiary/aromatic N) is 2. The van der Waals surface area contributed by atoms with Crippen molar-refractivity contribution < 1.29 is 0 Å². The van der Waals surface area contributed by atoms with E-state index in [1.54, 1.807) is 4.68 Å². The number of nitrogen functional groups attached to an aromatic ring is 1. The number of para-hydroxylation sites is 1. The van der Waals surface area contributed by atoms with Crippen molar-refractivity contribution >= 4 is 23.0 Å². The molecule has 0 radical (unpaired) electrons. The zero-order valence-electron chi connectivity index (χ0n) is 9.65. The first-order valence-corrected chi connectivity index (χ1v) is 5.80. The molecular weight excluding hydrogens is 236 g/mol. The van der Waals surface area contributed by atoms with Gasteiger partial charge in [-0.05, 0) is 24.1 Å². The number of halogens is 1. The Balaban J connectivity index is 1.94. The summed E-state index contributed by atoms with van der Waals surface area (Å²) in [5.74, 6) is 0. The molecule has 0 fully saturated rings. The lowest BCUT2D eigenvalue weighted by Gasteiger charge is -2.10. The Morgan fingerprint density at radius 3 is 2.94 bits per heavy atom. The standard InChI is InChI=1S/C12H15ClN4/c1-17-8-9(7-16-17)5-6-15-12-10(13)3-2-4-11(12)14/h2-4,7-8,15H,5-6,14H2,1H3. The molecule has 0 aliphatic carbocycles. The predicted octanol–water partition coefficient (Wildman–Crippen LogP) is 2.31. The van der Waals surface area contributed by atoms with Crippen molar-refractivity contribution in [3.8, 4) is 0 Å². The van der Waals surface area contributed by atoms with E-state index in [1.807, 2.05) is 37.6 Å². The zero-order valence-corrected chi connectivity index (χ0v) is 10.4. The summed E-state index contributed by atoms with van der Waals surface area (Å²) in [6.07, 6.45) is 4.74. The predicted molar refractivity (Wildman–Crippen MR) is 71.3 cm³/mol. The molecule has 0 saturated heterocycles. The van der Waals surface area contributed by atoms with Gasteiger partial charge in [0.1, 0.15) is 0 Å². The van der Waals surface area contributed by atoms with Gasteiger partial charge in [-0.1, -0.05) is 17.7 Å². The van der Waals surface area contributed by atoms with E-state index < -0.39 is 0 Å². The Kier molecular flexibility index (Phi) is 3.54. The van der Waals surface area contributed by atoms with Crippen LogP contribution in [-0.2, 0) is 13.5 Å². The molecule has 0 spiro atoms. The van der Waals surface area contributed by atoms with Gasteiger partial charge in [0, 0.05) is 19.8 Å². The summed E-state index contributed by atoms with van der Waals surface area (Å²) >= 11 is 6.06. The van der Waals surface area contributed by atoms with Crippen LogP contribution in [0.3, 0.4) is 0 Å². The second-order valence-electron chi connectivity index (χ2n) is 3.90. The number of aromatic nitrogens is 2. The Morgan fingerprint density at radius 2 is 2.29 bits per heavy atom. The molecule has 2 aromatic rings. The fourth-order valence-electron chi connectivity index (χ4n) is 1.66. The molecule has 0 saturated carbocycles. The zero-order chi connectivity index (χ0) is 12.3. The maximum atomic E-state index is 6.06. The number of nitrogens with two attached hydrogens (primary N) is 1. The minimum Gasteiger partial charge on any atom is -0.397 e. The summed E-state index contributed by atoms with van der Waals surface area (Å²) in [5, 5.41) is 8.01. The van der Waals surface area contributed by atoms with Crippen LogP contribution in [0, 0.1) is 0 Å². The van der Waals surface area contributed by atoms with E-state index in [-0.39, 0.29) is 0 Å². The number of hydrogen-bond acceptors (Lipinski definition) is 3. The monoisotopic (exact) mass is 250 g/mol. The van der Waals surface area contributed by atoms with Gasteiger partial charge in [0.05, 0.1) is 22.6 Å². The molecule has 0 aliphatic heterocycles. The normalized spacial score (nSPS) is 10.5. The van der Waals surface area contributed by atoms with Crippen molar-refractivity contribution in [2.75, 3.05) is 17.6 Å².